The summed E-state index contributed by atoms with van der Waals surface area (Å²) in [6, 6.07) is 3.68. The van der Waals surface area contributed by atoms with E-state index in [-0.39, 0.29) is 23.3 Å². The maximum Gasteiger partial charge on any atom is 0.270 e. The summed E-state index contributed by atoms with van der Waals surface area (Å²) in [6.07, 6.45) is 7.73. The van der Waals surface area contributed by atoms with Gasteiger partial charge in [-0.25, -0.2) is 0 Å². The predicted octanol–water partition coefficient (Wildman–Crippen LogP) is 2.04. The van der Waals surface area contributed by atoms with E-state index in [1.165, 1.54) is 0 Å². The Balaban J connectivity index is 1.36. The third-order valence-corrected chi connectivity index (χ3v) is 6.14. The Morgan fingerprint density at radius 3 is 2.84 bits per heavy atom. The summed E-state index contributed by atoms with van der Waals surface area (Å²) in [5.41, 5.74) is 0.841. The van der Waals surface area contributed by atoms with Crippen molar-refractivity contribution in [2.24, 2.45) is 5.41 Å². The predicted molar refractivity (Wildman–Crippen MR) is 93.2 cm³/mol. The zero-order valence-electron chi connectivity index (χ0n) is 14.7. The molecular weight excluding hydrogens is 318 g/mol. The largest absolute Gasteiger partial charge is 0.376 e. The molecule has 3 aliphatic heterocycles. The van der Waals surface area contributed by atoms with Crippen LogP contribution in [-0.4, -0.2) is 65.5 Å². The van der Waals surface area contributed by atoms with Gasteiger partial charge in [0.05, 0.1) is 6.10 Å². The fraction of sp³-hybridized carbons (Fsp3) is 0.684. The summed E-state index contributed by atoms with van der Waals surface area (Å²) < 4.78 is 5.72. The van der Waals surface area contributed by atoms with Gasteiger partial charge in [0.2, 0.25) is 5.91 Å². The number of carbonyl (C=O) groups excluding carboxylic acids is 2. The summed E-state index contributed by atoms with van der Waals surface area (Å²) in [4.78, 5) is 31.8. The van der Waals surface area contributed by atoms with E-state index in [2.05, 4.69) is 4.98 Å². The number of H-pyrrole nitrogens is 1. The molecular formula is C19H27N3O3. The second kappa shape index (κ2) is 6.83. The molecule has 0 aliphatic carbocycles. The standard InChI is InChI=1S/C19H27N3O3/c23-17-5-6-19(14-22(17)13-15-3-2-12-25-15)7-10-21(11-8-19)18(24)16-4-1-9-20-16/h1,4,9,15,20H,2-3,5-8,10-14H2/t15-/m1/s1. The van der Waals surface area contributed by atoms with Crippen molar-refractivity contribution < 1.29 is 14.3 Å². The van der Waals surface area contributed by atoms with E-state index in [9.17, 15) is 9.59 Å². The molecule has 1 aromatic rings. The van der Waals surface area contributed by atoms with Crippen LogP contribution in [0.15, 0.2) is 18.3 Å². The van der Waals surface area contributed by atoms with Crippen LogP contribution in [0.3, 0.4) is 0 Å². The van der Waals surface area contributed by atoms with Crippen LogP contribution in [0.25, 0.3) is 0 Å². The Morgan fingerprint density at radius 2 is 2.16 bits per heavy atom. The number of amides is 2. The first-order valence-electron chi connectivity index (χ1n) is 9.47. The molecule has 6 nitrogen and oxygen atoms in total. The van der Waals surface area contributed by atoms with Crippen LogP contribution in [0.4, 0.5) is 0 Å². The van der Waals surface area contributed by atoms with Gasteiger partial charge in [-0.2, -0.15) is 0 Å². The lowest BCUT2D eigenvalue weighted by Crippen LogP contribution is -2.53. The van der Waals surface area contributed by atoms with Gasteiger partial charge in [-0.1, -0.05) is 0 Å². The third kappa shape index (κ3) is 3.45. The molecule has 0 unspecified atom stereocenters. The quantitative estimate of drug-likeness (QED) is 0.912. The molecule has 1 N–H and O–H groups in total. The second-order valence-corrected chi connectivity index (χ2v) is 7.79. The molecule has 3 saturated heterocycles. The van der Waals surface area contributed by atoms with Crippen LogP contribution in [0.2, 0.25) is 0 Å². The van der Waals surface area contributed by atoms with Crippen LogP contribution in [-0.2, 0) is 9.53 Å². The van der Waals surface area contributed by atoms with Crippen molar-refractivity contribution >= 4 is 11.8 Å². The first-order valence-corrected chi connectivity index (χ1v) is 9.47. The van der Waals surface area contributed by atoms with E-state index >= 15 is 0 Å². The van der Waals surface area contributed by atoms with Crippen molar-refractivity contribution in [3.63, 3.8) is 0 Å². The highest BCUT2D eigenvalue weighted by molar-refractivity contribution is 5.92. The number of likely N-dealkylation sites (tertiary alicyclic amines) is 2. The van der Waals surface area contributed by atoms with E-state index in [0.29, 0.717) is 12.1 Å². The molecule has 136 valence electrons. The van der Waals surface area contributed by atoms with Crippen LogP contribution in [0.5, 0.6) is 0 Å². The Labute approximate surface area is 148 Å². The minimum absolute atomic E-state index is 0.0861. The lowest BCUT2D eigenvalue weighted by atomic mass is 9.72. The number of hydrogen-bond acceptors (Lipinski definition) is 3. The first-order chi connectivity index (χ1) is 12.2. The van der Waals surface area contributed by atoms with Crippen LogP contribution in [0, 0.1) is 5.41 Å². The SMILES string of the molecule is O=C1CCC2(CCN(C(=O)c3ccc[nH]3)CC2)CN1C[C@H]1CCCO1. The molecule has 4 rings (SSSR count). The second-order valence-electron chi connectivity index (χ2n) is 7.79. The molecule has 0 radical (unpaired) electrons. The minimum Gasteiger partial charge on any atom is -0.376 e. The van der Waals surface area contributed by atoms with E-state index in [4.69, 9.17) is 4.74 Å². The maximum absolute atomic E-state index is 12.5. The molecule has 1 aromatic heterocycles. The number of nitrogens with zero attached hydrogens (tertiary/aromatic N) is 2. The van der Waals surface area contributed by atoms with Crippen LogP contribution < -0.4 is 0 Å². The Kier molecular flexibility index (Phi) is 4.54. The Morgan fingerprint density at radius 1 is 1.32 bits per heavy atom. The van der Waals surface area contributed by atoms with Crippen molar-refractivity contribution in [3.8, 4) is 0 Å². The number of rotatable bonds is 3. The van der Waals surface area contributed by atoms with Crippen LogP contribution >= 0.6 is 0 Å². The van der Waals surface area contributed by atoms with E-state index in [0.717, 1.165) is 64.9 Å². The van der Waals surface area contributed by atoms with Crippen molar-refractivity contribution in [2.75, 3.05) is 32.8 Å². The lowest BCUT2D eigenvalue weighted by Gasteiger charge is -2.47. The van der Waals surface area contributed by atoms with Gasteiger partial charge >= 0.3 is 0 Å². The highest BCUT2D eigenvalue weighted by atomic mass is 16.5. The average Bonchev–Trinajstić information content (AvgIpc) is 3.32. The van der Waals surface area contributed by atoms with Gasteiger partial charge in [-0.05, 0) is 49.7 Å². The molecule has 2 amide bonds. The topological polar surface area (TPSA) is 65.6 Å². The van der Waals surface area contributed by atoms with Crippen molar-refractivity contribution in [1.82, 2.24) is 14.8 Å². The molecule has 3 fully saturated rings. The maximum atomic E-state index is 12.5. The Bertz CT molecular complexity index is 614. The fourth-order valence-corrected chi connectivity index (χ4v) is 4.53. The van der Waals surface area contributed by atoms with E-state index in [1.807, 2.05) is 21.9 Å². The molecule has 25 heavy (non-hydrogen) atoms. The normalized spacial score (nSPS) is 26.4. The van der Waals surface area contributed by atoms with Crippen molar-refractivity contribution in [3.05, 3.63) is 24.0 Å². The number of aromatic nitrogens is 1. The average molecular weight is 345 g/mol. The number of aromatic amines is 1. The lowest BCUT2D eigenvalue weighted by molar-refractivity contribution is -0.141. The van der Waals surface area contributed by atoms with Gasteiger partial charge in [0, 0.05) is 45.4 Å². The number of carbonyl (C=O) groups is 2. The van der Waals surface area contributed by atoms with Crippen molar-refractivity contribution in [2.45, 2.75) is 44.6 Å². The summed E-state index contributed by atoms with van der Waals surface area (Å²) in [5, 5.41) is 0. The molecule has 0 aromatic carbocycles. The smallest absolute Gasteiger partial charge is 0.270 e. The summed E-state index contributed by atoms with van der Waals surface area (Å²) in [5.74, 6) is 0.356. The van der Waals surface area contributed by atoms with Gasteiger partial charge in [0.1, 0.15) is 5.69 Å². The first kappa shape index (κ1) is 16.6. The van der Waals surface area contributed by atoms with Gasteiger partial charge in [0.15, 0.2) is 0 Å². The number of hydrogen-bond donors (Lipinski definition) is 1. The molecule has 0 saturated carbocycles. The summed E-state index contributed by atoms with van der Waals surface area (Å²) in [6.45, 7) is 3.95. The highest BCUT2D eigenvalue weighted by Gasteiger charge is 2.42. The molecule has 1 spiro atoms. The molecule has 3 aliphatic rings. The number of nitrogens with one attached hydrogen (secondary N) is 1. The fourth-order valence-electron chi connectivity index (χ4n) is 4.53. The van der Waals surface area contributed by atoms with E-state index < -0.39 is 0 Å². The minimum atomic E-state index is 0.0861. The monoisotopic (exact) mass is 345 g/mol. The van der Waals surface area contributed by atoms with Gasteiger partial charge < -0.3 is 19.5 Å². The zero-order chi connectivity index (χ0) is 17.3. The number of ether oxygens (including phenoxy) is 1. The van der Waals surface area contributed by atoms with Gasteiger partial charge in [-0.3, -0.25) is 9.59 Å². The number of piperidine rings is 2. The molecule has 1 atom stereocenters. The van der Waals surface area contributed by atoms with E-state index in [1.54, 1.807) is 6.20 Å². The Hall–Kier alpha value is -1.82. The van der Waals surface area contributed by atoms with Gasteiger partial charge in [0.25, 0.3) is 5.91 Å². The molecule has 0 bridgehead atoms. The highest BCUT2D eigenvalue weighted by Crippen LogP contribution is 2.40. The zero-order valence-corrected chi connectivity index (χ0v) is 14.7. The summed E-state index contributed by atoms with van der Waals surface area (Å²) >= 11 is 0. The molecule has 4 heterocycles. The van der Waals surface area contributed by atoms with Crippen LogP contribution in [0.1, 0.15) is 49.0 Å². The summed E-state index contributed by atoms with van der Waals surface area (Å²) in [7, 11) is 0. The van der Waals surface area contributed by atoms with Crippen molar-refractivity contribution in [1.29, 1.82) is 0 Å². The van der Waals surface area contributed by atoms with Gasteiger partial charge in [-0.15, -0.1) is 0 Å². The third-order valence-electron chi connectivity index (χ3n) is 6.14. The molecule has 6 heteroatoms.